The van der Waals surface area contributed by atoms with Crippen molar-refractivity contribution in [2.75, 3.05) is 6.54 Å². The molecule has 1 aliphatic rings. The minimum atomic E-state index is -0.799. The van der Waals surface area contributed by atoms with E-state index in [1.165, 1.54) is 11.3 Å². The van der Waals surface area contributed by atoms with Crippen LogP contribution >= 0.6 is 11.3 Å². The van der Waals surface area contributed by atoms with Gasteiger partial charge in [-0.3, -0.25) is 9.59 Å². The fraction of sp³-hybridized carbons (Fsp3) is 0.615. The molecule has 1 aromatic rings. The zero-order valence-electron chi connectivity index (χ0n) is 11.0. The molecule has 1 N–H and O–H groups in total. The average molecular weight is 282 g/mol. The molecule has 104 valence electrons. The van der Waals surface area contributed by atoms with E-state index >= 15 is 0 Å². The maximum atomic E-state index is 12.5. The summed E-state index contributed by atoms with van der Waals surface area (Å²) in [7, 11) is 0. The van der Waals surface area contributed by atoms with Crippen LogP contribution in [0.15, 0.2) is 5.51 Å². The third-order valence-electron chi connectivity index (χ3n) is 3.52. The van der Waals surface area contributed by atoms with Crippen LogP contribution in [0, 0.1) is 6.92 Å². The second-order valence-corrected chi connectivity index (χ2v) is 5.70. The number of carboxylic acids is 1. The van der Waals surface area contributed by atoms with Crippen LogP contribution in [0.3, 0.4) is 0 Å². The summed E-state index contributed by atoms with van der Waals surface area (Å²) < 4.78 is 0. The molecule has 0 bridgehead atoms. The Balaban J connectivity index is 2.08. The molecule has 2 heterocycles. The van der Waals surface area contributed by atoms with Crippen molar-refractivity contribution in [3.05, 3.63) is 16.1 Å². The standard InChI is InChI=1S/C13H18N2O3S/c1-9-12(19-8-14-9)13(18)15-7-3-2-4-10(15)5-6-11(16)17/h8,10H,2-7H2,1H3,(H,16,17). The summed E-state index contributed by atoms with van der Waals surface area (Å²) in [6.45, 7) is 2.56. The molecule has 1 unspecified atom stereocenters. The molecule has 1 fully saturated rings. The molecule has 1 atom stereocenters. The Morgan fingerprint density at radius 2 is 2.32 bits per heavy atom. The summed E-state index contributed by atoms with van der Waals surface area (Å²) in [6.07, 6.45) is 3.62. The van der Waals surface area contributed by atoms with Crippen molar-refractivity contribution < 1.29 is 14.7 Å². The highest BCUT2D eigenvalue weighted by atomic mass is 32.1. The molecule has 1 saturated heterocycles. The fourth-order valence-electron chi connectivity index (χ4n) is 2.50. The van der Waals surface area contributed by atoms with Crippen molar-refractivity contribution in [2.24, 2.45) is 0 Å². The number of aryl methyl sites for hydroxylation is 1. The Morgan fingerprint density at radius 1 is 1.53 bits per heavy atom. The topological polar surface area (TPSA) is 70.5 Å². The number of amides is 1. The summed E-state index contributed by atoms with van der Waals surface area (Å²) >= 11 is 1.36. The van der Waals surface area contributed by atoms with Gasteiger partial charge >= 0.3 is 5.97 Å². The predicted octanol–water partition coefficient (Wildman–Crippen LogP) is 2.31. The summed E-state index contributed by atoms with van der Waals surface area (Å²) in [4.78, 5) is 29.8. The maximum Gasteiger partial charge on any atom is 0.303 e. The van der Waals surface area contributed by atoms with Gasteiger partial charge in [-0.15, -0.1) is 11.3 Å². The first kappa shape index (κ1) is 14.0. The molecule has 1 aromatic heterocycles. The van der Waals surface area contributed by atoms with Gasteiger partial charge in [-0.1, -0.05) is 0 Å². The summed E-state index contributed by atoms with van der Waals surface area (Å²) in [5, 5.41) is 8.79. The first-order valence-electron chi connectivity index (χ1n) is 6.52. The molecule has 0 spiro atoms. The van der Waals surface area contributed by atoms with Crippen LogP contribution in [0.5, 0.6) is 0 Å². The second kappa shape index (κ2) is 6.14. The van der Waals surface area contributed by atoms with E-state index < -0.39 is 5.97 Å². The summed E-state index contributed by atoms with van der Waals surface area (Å²) in [6, 6.07) is 0.0545. The Morgan fingerprint density at radius 3 is 2.95 bits per heavy atom. The third-order valence-corrected chi connectivity index (χ3v) is 4.44. The predicted molar refractivity (Wildman–Crippen MR) is 72.4 cm³/mol. The minimum Gasteiger partial charge on any atom is -0.481 e. The zero-order chi connectivity index (χ0) is 13.8. The molecule has 19 heavy (non-hydrogen) atoms. The van der Waals surface area contributed by atoms with Crippen molar-refractivity contribution in [3.8, 4) is 0 Å². The molecular weight excluding hydrogens is 264 g/mol. The lowest BCUT2D eigenvalue weighted by atomic mass is 9.97. The molecular formula is C13H18N2O3S. The van der Waals surface area contributed by atoms with Gasteiger partial charge < -0.3 is 10.0 Å². The van der Waals surface area contributed by atoms with Crippen molar-refractivity contribution in [1.82, 2.24) is 9.88 Å². The molecule has 0 radical (unpaired) electrons. The van der Waals surface area contributed by atoms with E-state index in [2.05, 4.69) is 4.98 Å². The Kier molecular flexibility index (Phi) is 4.52. The number of aliphatic carboxylic acids is 1. The number of hydrogen-bond acceptors (Lipinski definition) is 4. The Bertz CT molecular complexity index is 472. The van der Waals surface area contributed by atoms with Crippen LogP contribution in [0.25, 0.3) is 0 Å². The lowest BCUT2D eigenvalue weighted by Gasteiger charge is -2.35. The third kappa shape index (κ3) is 3.32. The number of hydrogen-bond donors (Lipinski definition) is 1. The van der Waals surface area contributed by atoms with Gasteiger partial charge in [0.2, 0.25) is 0 Å². The van der Waals surface area contributed by atoms with Gasteiger partial charge in [0.15, 0.2) is 0 Å². The SMILES string of the molecule is Cc1ncsc1C(=O)N1CCCCC1CCC(=O)O. The van der Waals surface area contributed by atoms with Gasteiger partial charge in [0, 0.05) is 19.0 Å². The van der Waals surface area contributed by atoms with Gasteiger partial charge in [-0.05, 0) is 32.6 Å². The molecule has 5 nitrogen and oxygen atoms in total. The number of carbonyl (C=O) groups is 2. The van der Waals surface area contributed by atoms with E-state index in [0.717, 1.165) is 31.5 Å². The first-order chi connectivity index (χ1) is 9.09. The molecule has 1 aliphatic heterocycles. The number of rotatable bonds is 4. The van der Waals surface area contributed by atoms with Gasteiger partial charge in [-0.25, -0.2) is 4.98 Å². The molecule has 1 amide bonds. The van der Waals surface area contributed by atoms with Gasteiger partial charge in [0.05, 0.1) is 11.2 Å². The van der Waals surface area contributed by atoms with Crippen LogP contribution in [0.1, 0.15) is 47.5 Å². The van der Waals surface area contributed by atoms with Crippen molar-refractivity contribution in [3.63, 3.8) is 0 Å². The maximum absolute atomic E-state index is 12.5. The Hall–Kier alpha value is -1.43. The quantitative estimate of drug-likeness (QED) is 0.920. The number of carboxylic acid groups (broad SMARTS) is 1. The molecule has 0 saturated carbocycles. The highest BCUT2D eigenvalue weighted by Gasteiger charge is 2.29. The van der Waals surface area contributed by atoms with Crippen LogP contribution in [0.4, 0.5) is 0 Å². The van der Waals surface area contributed by atoms with E-state index in [9.17, 15) is 9.59 Å². The van der Waals surface area contributed by atoms with Crippen molar-refractivity contribution in [2.45, 2.75) is 45.1 Å². The van der Waals surface area contributed by atoms with E-state index in [1.807, 2.05) is 11.8 Å². The number of aromatic nitrogens is 1. The molecule has 0 aliphatic carbocycles. The van der Waals surface area contributed by atoms with E-state index in [4.69, 9.17) is 5.11 Å². The molecule has 6 heteroatoms. The molecule has 2 rings (SSSR count). The van der Waals surface area contributed by atoms with Crippen molar-refractivity contribution >= 4 is 23.2 Å². The number of thiazole rings is 1. The van der Waals surface area contributed by atoms with E-state index in [0.29, 0.717) is 11.3 Å². The number of piperidine rings is 1. The highest BCUT2D eigenvalue weighted by molar-refractivity contribution is 7.11. The first-order valence-corrected chi connectivity index (χ1v) is 7.40. The van der Waals surface area contributed by atoms with Gasteiger partial charge in [-0.2, -0.15) is 0 Å². The minimum absolute atomic E-state index is 0.00934. The van der Waals surface area contributed by atoms with Crippen LogP contribution in [0.2, 0.25) is 0 Å². The van der Waals surface area contributed by atoms with Gasteiger partial charge in [0.25, 0.3) is 5.91 Å². The summed E-state index contributed by atoms with van der Waals surface area (Å²) in [5.41, 5.74) is 2.44. The number of carbonyl (C=O) groups excluding carboxylic acids is 1. The largest absolute Gasteiger partial charge is 0.481 e. The highest BCUT2D eigenvalue weighted by Crippen LogP contribution is 2.25. The van der Waals surface area contributed by atoms with E-state index in [-0.39, 0.29) is 18.4 Å². The van der Waals surface area contributed by atoms with Crippen molar-refractivity contribution in [1.29, 1.82) is 0 Å². The van der Waals surface area contributed by atoms with Crippen LogP contribution in [-0.2, 0) is 4.79 Å². The van der Waals surface area contributed by atoms with Crippen LogP contribution < -0.4 is 0 Å². The smallest absolute Gasteiger partial charge is 0.303 e. The van der Waals surface area contributed by atoms with E-state index in [1.54, 1.807) is 5.51 Å². The second-order valence-electron chi connectivity index (χ2n) is 4.85. The lowest BCUT2D eigenvalue weighted by Crippen LogP contribution is -2.43. The number of likely N-dealkylation sites (tertiary alicyclic amines) is 1. The fourth-order valence-corrected chi connectivity index (χ4v) is 3.25. The van der Waals surface area contributed by atoms with Gasteiger partial charge in [0.1, 0.15) is 4.88 Å². The Labute approximate surface area is 116 Å². The lowest BCUT2D eigenvalue weighted by molar-refractivity contribution is -0.137. The monoisotopic (exact) mass is 282 g/mol. The summed E-state index contributed by atoms with van der Waals surface area (Å²) in [5.74, 6) is -0.790. The van der Waals surface area contributed by atoms with Crippen LogP contribution in [-0.4, -0.2) is 39.5 Å². The number of nitrogens with zero attached hydrogens (tertiary/aromatic N) is 2. The normalized spacial score (nSPS) is 19.4. The zero-order valence-corrected chi connectivity index (χ0v) is 11.8. The average Bonchev–Trinajstić information content (AvgIpc) is 2.82. The molecule has 0 aromatic carbocycles.